The van der Waals surface area contributed by atoms with Crippen molar-refractivity contribution < 1.29 is 4.79 Å². The number of anilines is 2. The largest absolute Gasteiger partial charge is 0.376 e. The van der Waals surface area contributed by atoms with Crippen LogP contribution in [0.4, 0.5) is 11.4 Å². The van der Waals surface area contributed by atoms with Gasteiger partial charge in [0, 0.05) is 15.8 Å². The third-order valence-electron chi connectivity index (χ3n) is 2.93. The van der Waals surface area contributed by atoms with Crippen LogP contribution in [-0.4, -0.2) is 12.5 Å². The Bertz CT molecular complexity index is 690. The molecule has 2 N–H and O–H groups in total. The maximum Gasteiger partial charge on any atom is 0.243 e. The van der Waals surface area contributed by atoms with Gasteiger partial charge in [0.1, 0.15) is 0 Å². The summed E-state index contributed by atoms with van der Waals surface area (Å²) in [5.41, 5.74) is 3.23. The fraction of sp³-hybridized carbons (Fsp3) is 0.125. The van der Waals surface area contributed by atoms with E-state index in [1.54, 1.807) is 24.3 Å². The van der Waals surface area contributed by atoms with Gasteiger partial charge < -0.3 is 10.6 Å². The van der Waals surface area contributed by atoms with Crippen LogP contribution < -0.4 is 10.6 Å². The minimum atomic E-state index is -0.137. The van der Waals surface area contributed by atoms with Gasteiger partial charge in [-0.25, -0.2) is 0 Å². The number of carbonyl (C=O) groups excluding carboxylic acids is 1. The van der Waals surface area contributed by atoms with Gasteiger partial charge >= 0.3 is 0 Å². The van der Waals surface area contributed by atoms with Gasteiger partial charge in [0.15, 0.2) is 0 Å². The van der Waals surface area contributed by atoms with Gasteiger partial charge in [-0.2, -0.15) is 5.26 Å². The summed E-state index contributed by atoms with van der Waals surface area (Å²) in [7, 11) is 0. The number of hydrogen-bond acceptors (Lipinski definition) is 3. The SMILES string of the molecule is Cc1cc(Br)ccc1NCC(=O)Nc1ccc(C#N)cc1. The van der Waals surface area contributed by atoms with Gasteiger partial charge in [0.05, 0.1) is 18.2 Å². The van der Waals surface area contributed by atoms with Crippen LogP contribution in [0.1, 0.15) is 11.1 Å². The molecule has 0 aromatic heterocycles. The maximum absolute atomic E-state index is 11.9. The molecule has 1 amide bonds. The summed E-state index contributed by atoms with van der Waals surface area (Å²) in [5, 5.41) is 14.6. The third kappa shape index (κ3) is 4.33. The normalized spacial score (nSPS) is 9.76. The molecule has 0 unspecified atom stereocenters. The zero-order valence-corrected chi connectivity index (χ0v) is 13.1. The highest BCUT2D eigenvalue weighted by molar-refractivity contribution is 9.10. The van der Waals surface area contributed by atoms with Crippen molar-refractivity contribution in [2.45, 2.75) is 6.92 Å². The Labute approximate surface area is 131 Å². The van der Waals surface area contributed by atoms with E-state index in [0.29, 0.717) is 11.3 Å². The zero-order valence-electron chi connectivity index (χ0n) is 11.5. The number of hydrogen-bond donors (Lipinski definition) is 2. The summed E-state index contributed by atoms with van der Waals surface area (Å²) in [6, 6.07) is 14.6. The summed E-state index contributed by atoms with van der Waals surface area (Å²) < 4.78 is 1.01. The molecule has 0 saturated heterocycles. The molecule has 0 radical (unpaired) electrons. The van der Waals surface area contributed by atoms with Crippen LogP contribution in [0.25, 0.3) is 0 Å². The van der Waals surface area contributed by atoms with Gasteiger partial charge in [-0.15, -0.1) is 0 Å². The van der Waals surface area contributed by atoms with Gasteiger partial charge in [-0.1, -0.05) is 15.9 Å². The summed E-state index contributed by atoms with van der Waals surface area (Å²) in [5.74, 6) is -0.137. The number of rotatable bonds is 4. The van der Waals surface area contributed by atoms with Crippen molar-refractivity contribution in [1.82, 2.24) is 0 Å². The molecule has 2 rings (SSSR count). The van der Waals surface area contributed by atoms with Crippen LogP contribution in [0.2, 0.25) is 0 Å². The number of aryl methyl sites for hydroxylation is 1. The minimum absolute atomic E-state index is 0.137. The predicted octanol–water partition coefficient (Wildman–Crippen LogP) is 3.68. The Kier molecular flexibility index (Phi) is 4.96. The first-order chi connectivity index (χ1) is 10.1. The predicted molar refractivity (Wildman–Crippen MR) is 87.2 cm³/mol. The number of amides is 1. The smallest absolute Gasteiger partial charge is 0.243 e. The lowest BCUT2D eigenvalue weighted by Crippen LogP contribution is -2.22. The monoisotopic (exact) mass is 343 g/mol. The summed E-state index contributed by atoms with van der Waals surface area (Å²) in [4.78, 5) is 11.9. The average Bonchev–Trinajstić information content (AvgIpc) is 2.47. The van der Waals surface area contributed by atoms with E-state index in [1.807, 2.05) is 31.2 Å². The van der Waals surface area contributed by atoms with Crippen molar-refractivity contribution in [3.8, 4) is 6.07 Å². The summed E-state index contributed by atoms with van der Waals surface area (Å²) in [6.07, 6.45) is 0. The lowest BCUT2D eigenvalue weighted by Gasteiger charge is -2.10. The Morgan fingerprint density at radius 3 is 2.57 bits per heavy atom. The first-order valence-electron chi connectivity index (χ1n) is 6.38. The number of halogens is 1. The van der Waals surface area contributed by atoms with E-state index in [9.17, 15) is 4.79 Å². The zero-order chi connectivity index (χ0) is 15.2. The van der Waals surface area contributed by atoms with E-state index in [0.717, 1.165) is 15.7 Å². The second kappa shape index (κ2) is 6.91. The molecule has 0 spiro atoms. The summed E-state index contributed by atoms with van der Waals surface area (Å²) in [6.45, 7) is 2.16. The second-order valence-corrected chi connectivity index (χ2v) is 5.47. The number of nitrogens with one attached hydrogen (secondary N) is 2. The molecule has 0 fully saturated rings. The number of nitriles is 1. The Balaban J connectivity index is 1.91. The average molecular weight is 344 g/mol. The molecule has 106 valence electrons. The topological polar surface area (TPSA) is 64.9 Å². The molecule has 2 aromatic rings. The van der Waals surface area contributed by atoms with Crippen molar-refractivity contribution in [2.24, 2.45) is 0 Å². The lowest BCUT2D eigenvalue weighted by molar-refractivity contribution is -0.114. The van der Waals surface area contributed by atoms with Crippen LogP contribution in [-0.2, 0) is 4.79 Å². The van der Waals surface area contributed by atoms with Crippen LogP contribution >= 0.6 is 15.9 Å². The minimum Gasteiger partial charge on any atom is -0.376 e. The fourth-order valence-corrected chi connectivity index (χ4v) is 2.31. The Hall–Kier alpha value is -2.32. The molecule has 0 aliphatic carbocycles. The molecule has 4 nitrogen and oxygen atoms in total. The summed E-state index contributed by atoms with van der Waals surface area (Å²) >= 11 is 3.40. The van der Waals surface area contributed by atoms with E-state index >= 15 is 0 Å². The number of benzene rings is 2. The van der Waals surface area contributed by atoms with E-state index in [-0.39, 0.29) is 12.5 Å². The molecule has 2 aromatic carbocycles. The van der Waals surface area contributed by atoms with Crippen LogP contribution in [0.5, 0.6) is 0 Å². The van der Waals surface area contributed by atoms with Gasteiger partial charge in [0.2, 0.25) is 5.91 Å². The van der Waals surface area contributed by atoms with Crippen molar-refractivity contribution in [1.29, 1.82) is 5.26 Å². The highest BCUT2D eigenvalue weighted by atomic mass is 79.9. The van der Waals surface area contributed by atoms with Crippen molar-refractivity contribution in [3.63, 3.8) is 0 Å². The Morgan fingerprint density at radius 2 is 1.95 bits per heavy atom. The maximum atomic E-state index is 11.9. The molecule has 5 heteroatoms. The number of nitrogens with zero attached hydrogens (tertiary/aromatic N) is 1. The first kappa shape index (κ1) is 15.1. The fourth-order valence-electron chi connectivity index (χ4n) is 1.83. The van der Waals surface area contributed by atoms with Crippen LogP contribution in [0.15, 0.2) is 46.9 Å². The van der Waals surface area contributed by atoms with Crippen molar-refractivity contribution in [3.05, 3.63) is 58.1 Å². The molecule has 0 atom stereocenters. The molecule has 0 aliphatic rings. The molecule has 0 saturated carbocycles. The molecular formula is C16H14BrN3O. The molecule has 21 heavy (non-hydrogen) atoms. The van der Waals surface area contributed by atoms with Crippen molar-refractivity contribution in [2.75, 3.05) is 17.2 Å². The highest BCUT2D eigenvalue weighted by Gasteiger charge is 2.04. The number of carbonyl (C=O) groups is 1. The van der Waals surface area contributed by atoms with Gasteiger partial charge in [-0.3, -0.25) is 4.79 Å². The first-order valence-corrected chi connectivity index (χ1v) is 7.18. The highest BCUT2D eigenvalue weighted by Crippen LogP contribution is 2.19. The van der Waals surface area contributed by atoms with Gasteiger partial charge in [0.25, 0.3) is 0 Å². The lowest BCUT2D eigenvalue weighted by atomic mass is 10.2. The standard InChI is InChI=1S/C16H14BrN3O/c1-11-8-13(17)4-7-15(11)19-10-16(21)20-14-5-2-12(9-18)3-6-14/h2-8,19H,10H2,1H3,(H,20,21). The third-order valence-corrected chi connectivity index (χ3v) is 3.42. The Morgan fingerprint density at radius 1 is 1.24 bits per heavy atom. The quantitative estimate of drug-likeness (QED) is 0.889. The van der Waals surface area contributed by atoms with Crippen LogP contribution in [0, 0.1) is 18.3 Å². The second-order valence-electron chi connectivity index (χ2n) is 4.55. The van der Waals surface area contributed by atoms with E-state index in [4.69, 9.17) is 5.26 Å². The van der Waals surface area contributed by atoms with Crippen LogP contribution in [0.3, 0.4) is 0 Å². The van der Waals surface area contributed by atoms with Gasteiger partial charge in [-0.05, 0) is 55.0 Å². The van der Waals surface area contributed by atoms with E-state index in [1.165, 1.54) is 0 Å². The van der Waals surface area contributed by atoms with E-state index in [2.05, 4.69) is 26.6 Å². The molecular weight excluding hydrogens is 330 g/mol. The van der Waals surface area contributed by atoms with E-state index < -0.39 is 0 Å². The molecule has 0 bridgehead atoms. The molecule has 0 heterocycles. The molecule has 0 aliphatic heterocycles. The van der Waals surface area contributed by atoms with Crippen molar-refractivity contribution >= 4 is 33.2 Å².